The summed E-state index contributed by atoms with van der Waals surface area (Å²) in [4.78, 5) is 24.9. The van der Waals surface area contributed by atoms with Crippen LogP contribution in [-0.2, 0) is 4.74 Å². The molecule has 0 N–H and O–H groups in total. The second kappa shape index (κ2) is 7.43. The van der Waals surface area contributed by atoms with Crippen molar-refractivity contribution in [3.63, 3.8) is 0 Å². The van der Waals surface area contributed by atoms with Gasteiger partial charge in [-0.15, -0.1) is 0 Å². The van der Waals surface area contributed by atoms with Gasteiger partial charge < -0.3 is 18.8 Å². The van der Waals surface area contributed by atoms with E-state index in [-0.39, 0.29) is 30.6 Å². The Bertz CT molecular complexity index is 1100. The maximum atomic E-state index is 13.2. The van der Waals surface area contributed by atoms with Crippen molar-refractivity contribution >= 4 is 11.8 Å². The molecule has 7 heteroatoms. The number of aryl methyl sites for hydroxylation is 1. The molecule has 29 heavy (non-hydrogen) atoms. The van der Waals surface area contributed by atoms with E-state index in [1.807, 2.05) is 11.5 Å². The van der Waals surface area contributed by atoms with Crippen LogP contribution in [0.1, 0.15) is 32.1 Å². The van der Waals surface area contributed by atoms with Gasteiger partial charge in [0, 0.05) is 22.6 Å². The number of fused-ring (bicyclic) bond motifs is 1. The lowest BCUT2D eigenvalue weighted by molar-refractivity contribution is 0.0474. The lowest BCUT2D eigenvalue weighted by Gasteiger charge is -2.10. The molecule has 1 aliphatic heterocycles. The fourth-order valence-corrected chi connectivity index (χ4v) is 3.35. The summed E-state index contributed by atoms with van der Waals surface area (Å²) in [5.74, 6) is -0.244. The predicted octanol–water partition coefficient (Wildman–Crippen LogP) is 4.00. The molecule has 0 fully saturated rings. The van der Waals surface area contributed by atoms with Crippen molar-refractivity contribution in [1.82, 2.24) is 4.57 Å². The Labute approximate surface area is 166 Å². The number of hydrogen-bond donors (Lipinski definition) is 0. The Morgan fingerprint density at radius 1 is 1.03 bits per heavy atom. The van der Waals surface area contributed by atoms with Gasteiger partial charge in [0.15, 0.2) is 18.1 Å². The highest BCUT2D eigenvalue weighted by atomic mass is 19.1. The number of carbonyl (C=O) groups is 2. The normalized spacial score (nSPS) is 12.1. The first-order valence-corrected chi connectivity index (χ1v) is 8.99. The third-order valence-electron chi connectivity index (χ3n) is 4.76. The highest BCUT2D eigenvalue weighted by Gasteiger charge is 2.20. The summed E-state index contributed by atoms with van der Waals surface area (Å²) >= 11 is 0. The van der Waals surface area contributed by atoms with Crippen LogP contribution in [-0.4, -0.2) is 29.7 Å². The van der Waals surface area contributed by atoms with E-state index in [0.717, 1.165) is 11.4 Å². The van der Waals surface area contributed by atoms with E-state index >= 15 is 0 Å². The molecule has 0 spiro atoms. The minimum Gasteiger partial charge on any atom is -0.454 e. The molecule has 0 radical (unpaired) electrons. The molecule has 1 aliphatic rings. The molecule has 0 bridgehead atoms. The smallest absolute Gasteiger partial charge is 0.338 e. The number of carbonyl (C=O) groups excluding carboxylic acids is 2. The van der Waals surface area contributed by atoms with Gasteiger partial charge in [-0.25, -0.2) is 9.18 Å². The number of nitrogens with zero attached hydrogens (tertiary/aromatic N) is 1. The number of esters is 1. The van der Waals surface area contributed by atoms with Gasteiger partial charge in [-0.05, 0) is 62.4 Å². The van der Waals surface area contributed by atoms with Crippen LogP contribution in [0.15, 0.2) is 48.5 Å². The maximum absolute atomic E-state index is 13.2. The molecule has 0 saturated heterocycles. The highest BCUT2D eigenvalue weighted by Crippen LogP contribution is 2.32. The molecular formula is C22H18FNO5. The van der Waals surface area contributed by atoms with Crippen LogP contribution in [0.3, 0.4) is 0 Å². The molecule has 148 valence electrons. The van der Waals surface area contributed by atoms with E-state index in [2.05, 4.69) is 0 Å². The molecule has 4 rings (SSSR count). The fraction of sp³-hybridized carbons (Fsp3) is 0.182. The number of ether oxygens (including phenoxy) is 3. The van der Waals surface area contributed by atoms with Gasteiger partial charge in [0.1, 0.15) is 5.82 Å². The van der Waals surface area contributed by atoms with E-state index in [4.69, 9.17) is 14.2 Å². The molecule has 6 nitrogen and oxygen atoms in total. The number of Topliss-reactive ketones (excluding diaryl/α,β-unsaturated/α-hetero) is 1. The average molecular weight is 395 g/mol. The number of benzene rings is 2. The van der Waals surface area contributed by atoms with E-state index in [9.17, 15) is 14.0 Å². The van der Waals surface area contributed by atoms with Crippen molar-refractivity contribution in [3.8, 4) is 17.2 Å². The molecule has 2 heterocycles. The Morgan fingerprint density at radius 3 is 2.52 bits per heavy atom. The number of ketones is 1. The summed E-state index contributed by atoms with van der Waals surface area (Å²) in [6.07, 6.45) is 0. The zero-order chi connectivity index (χ0) is 20.5. The quantitative estimate of drug-likeness (QED) is 0.483. The van der Waals surface area contributed by atoms with Crippen LogP contribution in [0.5, 0.6) is 11.5 Å². The Morgan fingerprint density at radius 2 is 1.76 bits per heavy atom. The summed E-state index contributed by atoms with van der Waals surface area (Å²) in [5.41, 5.74) is 2.99. The van der Waals surface area contributed by atoms with Crippen LogP contribution < -0.4 is 9.47 Å². The second-order valence-corrected chi connectivity index (χ2v) is 6.66. The number of rotatable bonds is 5. The van der Waals surface area contributed by atoms with Crippen LogP contribution >= 0.6 is 0 Å². The summed E-state index contributed by atoms with van der Waals surface area (Å²) in [5, 5.41) is 0. The monoisotopic (exact) mass is 395 g/mol. The molecule has 3 aromatic rings. The van der Waals surface area contributed by atoms with Crippen molar-refractivity contribution in [2.75, 3.05) is 13.4 Å². The Balaban J connectivity index is 1.48. The average Bonchev–Trinajstić information content (AvgIpc) is 3.30. The van der Waals surface area contributed by atoms with Gasteiger partial charge in [0.05, 0.1) is 5.56 Å². The third-order valence-corrected chi connectivity index (χ3v) is 4.76. The molecule has 0 aliphatic carbocycles. The van der Waals surface area contributed by atoms with Crippen LogP contribution in [0, 0.1) is 19.7 Å². The Kier molecular flexibility index (Phi) is 4.80. The summed E-state index contributed by atoms with van der Waals surface area (Å²) in [6.45, 7) is 3.37. The zero-order valence-electron chi connectivity index (χ0n) is 15.9. The van der Waals surface area contributed by atoms with Crippen molar-refractivity contribution < 1.29 is 28.2 Å². The van der Waals surface area contributed by atoms with Crippen molar-refractivity contribution in [2.45, 2.75) is 13.8 Å². The van der Waals surface area contributed by atoms with Gasteiger partial charge in [0.2, 0.25) is 12.6 Å². The molecule has 0 atom stereocenters. The van der Waals surface area contributed by atoms with E-state index in [0.29, 0.717) is 22.8 Å². The van der Waals surface area contributed by atoms with Gasteiger partial charge in [-0.1, -0.05) is 0 Å². The highest BCUT2D eigenvalue weighted by molar-refractivity contribution is 6.00. The lowest BCUT2D eigenvalue weighted by Crippen LogP contribution is -2.15. The molecular weight excluding hydrogens is 377 g/mol. The van der Waals surface area contributed by atoms with E-state index in [1.54, 1.807) is 37.3 Å². The molecule has 0 amide bonds. The molecule has 1 aromatic heterocycles. The van der Waals surface area contributed by atoms with Gasteiger partial charge >= 0.3 is 5.97 Å². The van der Waals surface area contributed by atoms with E-state index in [1.165, 1.54) is 18.2 Å². The van der Waals surface area contributed by atoms with Crippen molar-refractivity contribution in [3.05, 3.63) is 76.9 Å². The SMILES string of the molecule is Cc1cc(C(=O)COC(=O)c2ccc3c(c2)OCO3)c(C)n1-c1ccc(F)cc1. The number of hydrogen-bond acceptors (Lipinski definition) is 5. The van der Waals surface area contributed by atoms with E-state index < -0.39 is 5.97 Å². The third kappa shape index (κ3) is 3.59. The second-order valence-electron chi connectivity index (χ2n) is 6.66. The van der Waals surface area contributed by atoms with Crippen LogP contribution in [0.25, 0.3) is 5.69 Å². The van der Waals surface area contributed by atoms with Gasteiger partial charge in [0.25, 0.3) is 0 Å². The maximum Gasteiger partial charge on any atom is 0.338 e. The lowest BCUT2D eigenvalue weighted by atomic mass is 10.1. The predicted molar refractivity (Wildman–Crippen MR) is 102 cm³/mol. The topological polar surface area (TPSA) is 66.8 Å². The fourth-order valence-electron chi connectivity index (χ4n) is 3.35. The summed E-state index contributed by atoms with van der Waals surface area (Å²) < 4.78 is 30.7. The minimum absolute atomic E-state index is 0.107. The first-order valence-electron chi connectivity index (χ1n) is 8.99. The van der Waals surface area contributed by atoms with Crippen LogP contribution in [0.4, 0.5) is 4.39 Å². The van der Waals surface area contributed by atoms with Crippen molar-refractivity contribution in [1.29, 1.82) is 0 Å². The Hall–Kier alpha value is -3.61. The standard InChI is InChI=1S/C22H18FNO5/c1-13-9-18(14(2)24(13)17-6-4-16(23)5-7-17)19(25)11-27-22(26)15-3-8-20-21(10-15)29-12-28-20/h3-10H,11-12H2,1-2H3. The number of halogens is 1. The summed E-state index contributed by atoms with van der Waals surface area (Å²) in [7, 11) is 0. The van der Waals surface area contributed by atoms with Gasteiger partial charge in [-0.3, -0.25) is 4.79 Å². The molecule has 2 aromatic carbocycles. The largest absolute Gasteiger partial charge is 0.454 e. The molecule has 0 unspecified atom stereocenters. The van der Waals surface area contributed by atoms with Crippen LogP contribution in [0.2, 0.25) is 0 Å². The number of aromatic nitrogens is 1. The van der Waals surface area contributed by atoms with Gasteiger partial charge in [-0.2, -0.15) is 0 Å². The summed E-state index contributed by atoms with van der Waals surface area (Å²) in [6, 6.07) is 12.4. The minimum atomic E-state index is -0.621. The first-order chi connectivity index (χ1) is 13.9. The molecule has 0 saturated carbocycles. The zero-order valence-corrected chi connectivity index (χ0v) is 15.9. The first kappa shape index (κ1) is 18.7. The van der Waals surface area contributed by atoms with Crippen molar-refractivity contribution in [2.24, 2.45) is 0 Å².